The van der Waals surface area contributed by atoms with Gasteiger partial charge in [-0.05, 0) is 50.6 Å². The normalized spacial score (nSPS) is 34.8. The fraction of sp³-hybridized carbons (Fsp3) is 0.938. The van der Waals surface area contributed by atoms with Crippen molar-refractivity contribution < 1.29 is 0 Å². The lowest BCUT2D eigenvalue weighted by Gasteiger charge is -2.37. The SMILES string of the molecule is CC(CN=C1NC2CCCCC2CS1)CN1CCCC1. The molecule has 2 saturated heterocycles. The quantitative estimate of drug-likeness (QED) is 0.864. The summed E-state index contributed by atoms with van der Waals surface area (Å²) in [5.74, 6) is 2.87. The van der Waals surface area contributed by atoms with Crippen molar-refractivity contribution in [1.82, 2.24) is 10.2 Å². The van der Waals surface area contributed by atoms with Gasteiger partial charge >= 0.3 is 0 Å². The van der Waals surface area contributed by atoms with Crippen molar-refractivity contribution >= 4 is 16.9 Å². The van der Waals surface area contributed by atoms with Gasteiger partial charge in [0.15, 0.2) is 5.17 Å². The molecule has 1 aliphatic carbocycles. The van der Waals surface area contributed by atoms with Crippen LogP contribution < -0.4 is 5.32 Å². The van der Waals surface area contributed by atoms with Crippen LogP contribution in [0.4, 0.5) is 0 Å². The Morgan fingerprint density at radius 3 is 2.90 bits per heavy atom. The number of thioether (sulfide) groups is 1. The summed E-state index contributed by atoms with van der Waals surface area (Å²) in [6.45, 7) is 7.17. The second-order valence-electron chi connectivity index (χ2n) is 6.87. The predicted molar refractivity (Wildman–Crippen MR) is 88.5 cm³/mol. The van der Waals surface area contributed by atoms with Gasteiger partial charge in [0.25, 0.3) is 0 Å². The zero-order valence-corrected chi connectivity index (χ0v) is 13.6. The summed E-state index contributed by atoms with van der Waals surface area (Å²) >= 11 is 1.96. The van der Waals surface area contributed by atoms with Crippen LogP contribution in [-0.4, -0.2) is 48.0 Å². The minimum Gasteiger partial charge on any atom is -0.362 e. The number of nitrogens with zero attached hydrogens (tertiary/aromatic N) is 2. The van der Waals surface area contributed by atoms with Gasteiger partial charge in [0.1, 0.15) is 0 Å². The van der Waals surface area contributed by atoms with Gasteiger partial charge in [-0.3, -0.25) is 4.99 Å². The van der Waals surface area contributed by atoms with Crippen LogP contribution in [-0.2, 0) is 0 Å². The molecule has 3 unspecified atom stereocenters. The van der Waals surface area contributed by atoms with Crippen LogP contribution >= 0.6 is 11.8 Å². The molecule has 0 bridgehead atoms. The Morgan fingerprint density at radius 2 is 2.05 bits per heavy atom. The van der Waals surface area contributed by atoms with Crippen LogP contribution in [0.25, 0.3) is 0 Å². The number of amidine groups is 1. The summed E-state index contributed by atoms with van der Waals surface area (Å²) in [4.78, 5) is 7.46. The summed E-state index contributed by atoms with van der Waals surface area (Å²) < 4.78 is 0. The number of aliphatic imine (C=N–C) groups is 1. The zero-order chi connectivity index (χ0) is 13.8. The first-order valence-corrected chi connectivity index (χ1v) is 9.46. The van der Waals surface area contributed by atoms with Gasteiger partial charge < -0.3 is 10.2 Å². The van der Waals surface area contributed by atoms with Gasteiger partial charge in [-0.2, -0.15) is 0 Å². The lowest BCUT2D eigenvalue weighted by molar-refractivity contribution is 0.291. The first kappa shape index (κ1) is 14.7. The van der Waals surface area contributed by atoms with Gasteiger partial charge in [-0.1, -0.05) is 31.5 Å². The number of rotatable bonds is 4. The standard InChI is InChI=1S/C16H29N3S/c1-13(11-19-8-4-5-9-19)10-17-16-18-15-7-3-2-6-14(15)12-20-16/h13-15H,2-12H2,1H3,(H,17,18). The monoisotopic (exact) mass is 295 g/mol. The number of hydrogen-bond donors (Lipinski definition) is 1. The molecule has 0 radical (unpaired) electrons. The van der Waals surface area contributed by atoms with Crippen molar-refractivity contribution in [3.8, 4) is 0 Å². The molecule has 114 valence electrons. The molecule has 3 aliphatic rings. The maximum absolute atomic E-state index is 4.86. The summed E-state index contributed by atoms with van der Waals surface area (Å²) in [5, 5.41) is 4.93. The van der Waals surface area contributed by atoms with E-state index in [1.54, 1.807) is 0 Å². The highest BCUT2D eigenvalue weighted by atomic mass is 32.2. The van der Waals surface area contributed by atoms with E-state index in [0.29, 0.717) is 5.92 Å². The second kappa shape index (κ2) is 7.17. The molecule has 3 fully saturated rings. The maximum atomic E-state index is 4.86. The van der Waals surface area contributed by atoms with Crippen LogP contribution in [0.1, 0.15) is 45.4 Å². The summed E-state index contributed by atoms with van der Waals surface area (Å²) in [7, 11) is 0. The lowest BCUT2D eigenvalue weighted by atomic mass is 9.86. The van der Waals surface area contributed by atoms with Crippen LogP contribution in [0.15, 0.2) is 4.99 Å². The van der Waals surface area contributed by atoms with E-state index in [1.807, 2.05) is 11.8 Å². The molecule has 3 atom stereocenters. The molecular weight excluding hydrogens is 266 g/mol. The number of nitrogens with one attached hydrogen (secondary N) is 1. The van der Waals surface area contributed by atoms with Crippen molar-refractivity contribution in [2.45, 2.75) is 51.5 Å². The van der Waals surface area contributed by atoms with E-state index in [9.17, 15) is 0 Å². The number of hydrogen-bond acceptors (Lipinski definition) is 3. The molecule has 1 N–H and O–H groups in total. The Bertz CT molecular complexity index is 339. The molecule has 1 saturated carbocycles. The Hall–Kier alpha value is -0.220. The topological polar surface area (TPSA) is 27.6 Å². The molecule has 0 aromatic heterocycles. The Morgan fingerprint density at radius 1 is 1.25 bits per heavy atom. The highest BCUT2D eigenvalue weighted by molar-refractivity contribution is 8.13. The van der Waals surface area contributed by atoms with Crippen molar-refractivity contribution in [2.24, 2.45) is 16.8 Å². The molecule has 2 heterocycles. The van der Waals surface area contributed by atoms with Crippen molar-refractivity contribution in [3.63, 3.8) is 0 Å². The highest BCUT2D eigenvalue weighted by Crippen LogP contribution is 2.31. The van der Waals surface area contributed by atoms with Crippen molar-refractivity contribution in [2.75, 3.05) is 31.9 Å². The van der Waals surface area contributed by atoms with Gasteiger partial charge in [0.2, 0.25) is 0 Å². The molecule has 2 aliphatic heterocycles. The Balaban J connectivity index is 1.43. The third-order valence-corrected chi connectivity index (χ3v) is 6.08. The summed E-state index contributed by atoms with van der Waals surface area (Å²) in [5.41, 5.74) is 0. The molecule has 0 spiro atoms. The van der Waals surface area contributed by atoms with E-state index in [-0.39, 0.29) is 0 Å². The molecular formula is C16H29N3S. The zero-order valence-electron chi connectivity index (χ0n) is 12.8. The molecule has 0 aromatic rings. The van der Waals surface area contributed by atoms with Gasteiger partial charge in [-0.15, -0.1) is 0 Å². The first-order valence-electron chi connectivity index (χ1n) is 8.47. The van der Waals surface area contributed by atoms with E-state index >= 15 is 0 Å². The smallest absolute Gasteiger partial charge is 0.156 e. The molecule has 4 heteroatoms. The minimum absolute atomic E-state index is 0.687. The van der Waals surface area contributed by atoms with Gasteiger partial charge in [-0.25, -0.2) is 0 Å². The molecule has 3 nitrogen and oxygen atoms in total. The van der Waals surface area contributed by atoms with E-state index < -0.39 is 0 Å². The summed E-state index contributed by atoms with van der Waals surface area (Å²) in [6.07, 6.45) is 8.39. The van der Waals surface area contributed by atoms with Gasteiger partial charge in [0.05, 0.1) is 0 Å². The van der Waals surface area contributed by atoms with Crippen LogP contribution in [0.2, 0.25) is 0 Å². The largest absolute Gasteiger partial charge is 0.362 e. The van der Waals surface area contributed by atoms with Crippen LogP contribution in [0.3, 0.4) is 0 Å². The Kier molecular flexibility index (Phi) is 5.27. The lowest BCUT2D eigenvalue weighted by Crippen LogP contribution is -2.46. The van der Waals surface area contributed by atoms with E-state index in [2.05, 4.69) is 17.1 Å². The predicted octanol–water partition coefficient (Wildman–Crippen LogP) is 2.97. The summed E-state index contributed by atoms with van der Waals surface area (Å²) in [6, 6.07) is 0.720. The highest BCUT2D eigenvalue weighted by Gasteiger charge is 2.30. The second-order valence-corrected chi connectivity index (χ2v) is 7.87. The van der Waals surface area contributed by atoms with Crippen molar-refractivity contribution in [1.29, 1.82) is 0 Å². The third kappa shape index (κ3) is 3.91. The van der Waals surface area contributed by atoms with Crippen LogP contribution in [0, 0.1) is 11.8 Å². The Labute approximate surface area is 128 Å². The average Bonchev–Trinajstić information content (AvgIpc) is 2.98. The number of fused-ring (bicyclic) bond motifs is 1. The molecule has 20 heavy (non-hydrogen) atoms. The molecule has 0 aromatic carbocycles. The van der Waals surface area contributed by atoms with Gasteiger partial charge in [0, 0.05) is 24.9 Å². The number of likely N-dealkylation sites (tertiary alicyclic amines) is 1. The third-order valence-electron chi connectivity index (χ3n) is 4.97. The average molecular weight is 295 g/mol. The fourth-order valence-electron chi connectivity index (χ4n) is 3.78. The first-order chi connectivity index (χ1) is 9.81. The molecule has 3 rings (SSSR count). The minimum atomic E-state index is 0.687. The maximum Gasteiger partial charge on any atom is 0.156 e. The van der Waals surface area contributed by atoms with E-state index in [1.165, 1.54) is 69.1 Å². The van der Waals surface area contributed by atoms with E-state index in [4.69, 9.17) is 4.99 Å². The van der Waals surface area contributed by atoms with Crippen molar-refractivity contribution in [3.05, 3.63) is 0 Å². The van der Waals surface area contributed by atoms with E-state index in [0.717, 1.165) is 18.5 Å². The molecule has 0 amide bonds. The fourth-order valence-corrected chi connectivity index (χ4v) is 4.95. The van der Waals surface area contributed by atoms with Crippen LogP contribution in [0.5, 0.6) is 0 Å².